The van der Waals surface area contributed by atoms with Crippen LogP contribution in [0.5, 0.6) is 0 Å². The van der Waals surface area contributed by atoms with E-state index >= 15 is 0 Å². The van der Waals surface area contributed by atoms with Crippen LogP contribution in [0.4, 0.5) is 0 Å². The molecule has 0 fully saturated rings. The molecule has 32 heavy (non-hydrogen) atoms. The van der Waals surface area contributed by atoms with Gasteiger partial charge in [0.25, 0.3) is 17.4 Å². The Morgan fingerprint density at radius 1 is 0.969 bits per heavy atom. The molecule has 0 saturated carbocycles. The molecular weight excluding hydrogens is 412 g/mol. The van der Waals surface area contributed by atoms with Crippen molar-refractivity contribution in [3.8, 4) is 0 Å². The maximum Gasteiger partial charge on any atom is 0.307 e. The van der Waals surface area contributed by atoms with Gasteiger partial charge in [-0.15, -0.1) is 0 Å². The Morgan fingerprint density at radius 3 is 2.09 bits per heavy atom. The van der Waals surface area contributed by atoms with Crippen LogP contribution in [0.15, 0.2) is 71.7 Å². The molecule has 2 amide bonds. The molecule has 3 rings (SSSR count). The molecule has 1 heterocycles. The van der Waals surface area contributed by atoms with E-state index in [-0.39, 0.29) is 24.4 Å². The minimum Gasteiger partial charge on any atom is -0.469 e. The predicted octanol–water partition coefficient (Wildman–Crippen LogP) is 1.58. The predicted molar refractivity (Wildman–Crippen MR) is 116 cm³/mol. The number of ether oxygens (including phenoxy) is 1. The number of H-pyrrole nitrogens is 1. The number of amides is 2. The molecular formula is C23H22N4O5. The Balaban J connectivity index is 1.76. The van der Waals surface area contributed by atoms with Crippen LogP contribution in [0.2, 0.25) is 0 Å². The number of carbonyl (C=O) groups excluding carboxylic acids is 3. The van der Waals surface area contributed by atoms with Crippen molar-refractivity contribution in [1.29, 1.82) is 0 Å². The molecule has 0 aliphatic rings. The van der Waals surface area contributed by atoms with Gasteiger partial charge in [-0.1, -0.05) is 60.7 Å². The number of aromatic amines is 1. The maximum atomic E-state index is 12.9. The average molecular weight is 434 g/mol. The van der Waals surface area contributed by atoms with Crippen molar-refractivity contribution >= 4 is 17.8 Å². The monoisotopic (exact) mass is 434 g/mol. The van der Waals surface area contributed by atoms with E-state index in [0.717, 1.165) is 17.3 Å². The van der Waals surface area contributed by atoms with Gasteiger partial charge in [-0.3, -0.25) is 19.2 Å². The van der Waals surface area contributed by atoms with Crippen molar-refractivity contribution in [3.63, 3.8) is 0 Å². The number of nitrogens with zero attached hydrogens (tertiary/aromatic N) is 1. The third-order valence-corrected chi connectivity index (χ3v) is 4.64. The van der Waals surface area contributed by atoms with Crippen molar-refractivity contribution in [1.82, 2.24) is 20.6 Å². The third kappa shape index (κ3) is 5.66. The van der Waals surface area contributed by atoms with E-state index in [1.807, 2.05) is 60.7 Å². The van der Waals surface area contributed by atoms with Crippen LogP contribution in [0.25, 0.3) is 0 Å². The molecule has 3 N–H and O–H groups in total. The van der Waals surface area contributed by atoms with Crippen LogP contribution in [-0.2, 0) is 9.53 Å². The Bertz CT molecular complexity index is 1110. The number of benzene rings is 2. The van der Waals surface area contributed by atoms with E-state index in [0.29, 0.717) is 0 Å². The zero-order valence-corrected chi connectivity index (χ0v) is 17.3. The number of hydrogen-bond donors (Lipinski definition) is 3. The largest absolute Gasteiger partial charge is 0.469 e. The summed E-state index contributed by atoms with van der Waals surface area (Å²) in [5.41, 5.74) is 0.708. The number of rotatable bonds is 8. The second kappa shape index (κ2) is 10.7. The Hall–Kier alpha value is -4.27. The normalized spacial score (nSPS) is 10.4. The molecule has 0 aliphatic heterocycles. The molecule has 0 unspecified atom stereocenters. The third-order valence-electron chi connectivity index (χ3n) is 4.64. The lowest BCUT2D eigenvalue weighted by Gasteiger charge is -2.19. The van der Waals surface area contributed by atoms with Gasteiger partial charge >= 0.3 is 5.97 Å². The van der Waals surface area contributed by atoms with E-state index in [2.05, 4.69) is 25.3 Å². The zero-order valence-electron chi connectivity index (χ0n) is 17.3. The molecule has 0 radical (unpaired) electrons. The summed E-state index contributed by atoms with van der Waals surface area (Å²) in [5.74, 6) is -2.05. The number of carbonyl (C=O) groups is 3. The molecule has 3 aromatic rings. The molecule has 2 aromatic carbocycles. The SMILES string of the molecule is COC(=O)CCNC(=O)c1ncc(C(=O)NC(c2ccccc2)c2ccccc2)c(=O)[nH]1. The first-order chi connectivity index (χ1) is 15.5. The van der Waals surface area contributed by atoms with Gasteiger partial charge in [0.2, 0.25) is 0 Å². The summed E-state index contributed by atoms with van der Waals surface area (Å²) in [7, 11) is 1.24. The summed E-state index contributed by atoms with van der Waals surface area (Å²) < 4.78 is 4.49. The number of nitrogens with one attached hydrogen (secondary N) is 3. The van der Waals surface area contributed by atoms with Crippen LogP contribution in [0.1, 0.15) is 44.6 Å². The lowest BCUT2D eigenvalue weighted by atomic mass is 9.98. The molecule has 0 bridgehead atoms. The van der Waals surface area contributed by atoms with Crippen molar-refractivity contribution in [3.05, 3.63) is 99.7 Å². The first-order valence-electron chi connectivity index (χ1n) is 9.84. The lowest BCUT2D eigenvalue weighted by molar-refractivity contribution is -0.140. The molecule has 0 spiro atoms. The average Bonchev–Trinajstić information content (AvgIpc) is 2.83. The van der Waals surface area contributed by atoms with Crippen molar-refractivity contribution in [2.75, 3.05) is 13.7 Å². The van der Waals surface area contributed by atoms with Gasteiger partial charge in [0.15, 0.2) is 5.82 Å². The minimum atomic E-state index is -0.754. The van der Waals surface area contributed by atoms with Crippen LogP contribution < -0.4 is 16.2 Å². The second-order valence-corrected chi connectivity index (χ2v) is 6.78. The van der Waals surface area contributed by atoms with E-state index in [4.69, 9.17) is 0 Å². The second-order valence-electron chi connectivity index (χ2n) is 6.78. The quantitative estimate of drug-likeness (QED) is 0.462. The van der Waals surface area contributed by atoms with E-state index in [1.165, 1.54) is 7.11 Å². The summed E-state index contributed by atoms with van der Waals surface area (Å²) in [6.45, 7) is 0.0211. The van der Waals surface area contributed by atoms with Gasteiger partial charge in [0.05, 0.1) is 19.6 Å². The highest BCUT2D eigenvalue weighted by molar-refractivity contribution is 5.95. The van der Waals surface area contributed by atoms with Gasteiger partial charge in [0.1, 0.15) is 5.56 Å². The van der Waals surface area contributed by atoms with Gasteiger partial charge in [-0.2, -0.15) is 0 Å². The van der Waals surface area contributed by atoms with Gasteiger partial charge in [-0.05, 0) is 11.1 Å². The van der Waals surface area contributed by atoms with Crippen molar-refractivity contribution in [2.24, 2.45) is 0 Å². The van der Waals surface area contributed by atoms with Gasteiger partial charge in [0, 0.05) is 12.7 Å². The molecule has 9 heteroatoms. The van der Waals surface area contributed by atoms with Crippen LogP contribution in [0, 0.1) is 0 Å². The van der Waals surface area contributed by atoms with Crippen LogP contribution in [0.3, 0.4) is 0 Å². The number of methoxy groups -OCH3 is 1. The van der Waals surface area contributed by atoms with E-state index < -0.39 is 29.4 Å². The zero-order chi connectivity index (χ0) is 22.9. The molecule has 1 aromatic heterocycles. The molecule has 164 valence electrons. The molecule has 0 aliphatic carbocycles. The Labute approximate surface area is 183 Å². The van der Waals surface area contributed by atoms with Crippen molar-refractivity contribution in [2.45, 2.75) is 12.5 Å². The summed E-state index contributed by atoms with van der Waals surface area (Å²) in [6, 6.07) is 18.2. The van der Waals surface area contributed by atoms with Crippen LogP contribution in [-0.4, -0.2) is 41.4 Å². The highest BCUT2D eigenvalue weighted by atomic mass is 16.5. The summed E-state index contributed by atoms with van der Waals surface area (Å²) >= 11 is 0. The number of esters is 1. The van der Waals surface area contributed by atoms with Crippen LogP contribution >= 0.6 is 0 Å². The van der Waals surface area contributed by atoms with E-state index in [9.17, 15) is 19.2 Å². The number of aromatic nitrogens is 2. The first-order valence-corrected chi connectivity index (χ1v) is 9.84. The maximum absolute atomic E-state index is 12.9. The molecule has 9 nitrogen and oxygen atoms in total. The van der Waals surface area contributed by atoms with Crippen molar-refractivity contribution < 1.29 is 19.1 Å². The standard InChI is InChI=1S/C23H22N4O5/c1-32-18(28)12-13-24-23(31)20-25-14-17(22(30)27-20)21(29)26-19(15-8-4-2-5-9-15)16-10-6-3-7-11-16/h2-11,14,19H,12-13H2,1H3,(H,24,31)(H,26,29)(H,25,27,30). The molecule has 0 saturated heterocycles. The Kier molecular flexibility index (Phi) is 7.47. The summed E-state index contributed by atoms with van der Waals surface area (Å²) in [4.78, 5) is 54.7. The fourth-order valence-electron chi connectivity index (χ4n) is 2.99. The fraction of sp³-hybridized carbons (Fsp3) is 0.174. The van der Waals surface area contributed by atoms with E-state index in [1.54, 1.807) is 0 Å². The van der Waals surface area contributed by atoms with Gasteiger partial charge in [-0.25, -0.2) is 4.98 Å². The first kappa shape index (κ1) is 22.4. The summed E-state index contributed by atoms with van der Waals surface area (Å²) in [6.07, 6.45) is 1.03. The van der Waals surface area contributed by atoms with Gasteiger partial charge < -0.3 is 20.4 Å². The number of hydrogen-bond acceptors (Lipinski definition) is 6. The lowest BCUT2D eigenvalue weighted by Crippen LogP contribution is -2.35. The smallest absolute Gasteiger partial charge is 0.307 e. The minimum absolute atomic E-state index is 0.0205. The fourth-order valence-corrected chi connectivity index (χ4v) is 2.99. The highest BCUT2D eigenvalue weighted by Crippen LogP contribution is 2.22. The topological polar surface area (TPSA) is 130 Å². The summed E-state index contributed by atoms with van der Waals surface area (Å²) in [5, 5.41) is 5.30. The molecule has 0 atom stereocenters. The highest BCUT2D eigenvalue weighted by Gasteiger charge is 2.21. The Morgan fingerprint density at radius 2 is 1.56 bits per heavy atom.